The highest BCUT2D eigenvalue weighted by molar-refractivity contribution is 5.83. The van der Waals surface area contributed by atoms with Crippen molar-refractivity contribution in [1.29, 1.82) is 0 Å². The molecule has 1 aliphatic rings. The van der Waals surface area contributed by atoms with Gasteiger partial charge in [0.05, 0.1) is 23.6 Å². The average Bonchev–Trinajstić information content (AvgIpc) is 3.48. The molecule has 2 aromatic carbocycles. The Bertz CT molecular complexity index is 1560. The van der Waals surface area contributed by atoms with Crippen molar-refractivity contribution in [3.8, 4) is 5.69 Å². The number of fused-ring (bicyclic) bond motifs is 2. The molecule has 6 rings (SSSR count). The van der Waals surface area contributed by atoms with E-state index < -0.39 is 17.2 Å². The molecular weight excluding hydrogens is 428 g/mol. The first-order valence-corrected chi connectivity index (χ1v) is 10.5. The van der Waals surface area contributed by atoms with E-state index in [0.29, 0.717) is 47.5 Å². The molecule has 8 nitrogen and oxygen atoms in total. The largest absolute Gasteiger partial charge is 0.344 e. The van der Waals surface area contributed by atoms with E-state index in [4.69, 9.17) is 0 Å². The first kappa shape index (κ1) is 19.5. The summed E-state index contributed by atoms with van der Waals surface area (Å²) >= 11 is 0. The number of imidazole rings is 1. The molecule has 1 N–H and O–H groups in total. The number of halogens is 2. The molecule has 0 bridgehead atoms. The summed E-state index contributed by atoms with van der Waals surface area (Å²) in [5, 5.41) is -0.245. The second-order valence-electron chi connectivity index (χ2n) is 7.88. The highest BCUT2D eigenvalue weighted by Crippen LogP contribution is 2.37. The third-order valence-corrected chi connectivity index (χ3v) is 5.95. The molecule has 1 saturated heterocycles. The lowest BCUT2D eigenvalue weighted by molar-refractivity contribution is 0.586. The molecule has 0 saturated carbocycles. The second kappa shape index (κ2) is 7.44. The molecule has 5 aromatic rings. The van der Waals surface area contributed by atoms with Crippen LogP contribution in [0.1, 0.15) is 24.7 Å². The van der Waals surface area contributed by atoms with E-state index in [1.165, 1.54) is 10.9 Å². The van der Waals surface area contributed by atoms with E-state index in [0.717, 1.165) is 12.5 Å². The highest BCUT2D eigenvalue weighted by Gasteiger charge is 2.33. The summed E-state index contributed by atoms with van der Waals surface area (Å²) in [7, 11) is 0. The van der Waals surface area contributed by atoms with Crippen LogP contribution in [0.5, 0.6) is 0 Å². The van der Waals surface area contributed by atoms with Crippen molar-refractivity contribution < 1.29 is 8.78 Å². The first-order valence-electron chi connectivity index (χ1n) is 10.5. The lowest BCUT2D eigenvalue weighted by Crippen LogP contribution is -2.32. The van der Waals surface area contributed by atoms with Crippen molar-refractivity contribution in [2.24, 2.45) is 0 Å². The Balaban J connectivity index is 1.63. The van der Waals surface area contributed by atoms with Crippen LogP contribution in [-0.2, 0) is 0 Å². The van der Waals surface area contributed by atoms with E-state index in [-0.39, 0.29) is 16.9 Å². The van der Waals surface area contributed by atoms with Gasteiger partial charge in [0.15, 0.2) is 11.5 Å². The number of nitrogens with zero attached hydrogens (tertiary/aromatic N) is 6. The summed E-state index contributed by atoms with van der Waals surface area (Å²) in [6.07, 6.45) is 4.50. The Morgan fingerprint density at radius 2 is 1.91 bits per heavy atom. The molecule has 10 heteroatoms. The van der Waals surface area contributed by atoms with Gasteiger partial charge in [-0.25, -0.2) is 28.7 Å². The van der Waals surface area contributed by atoms with Crippen LogP contribution in [0.25, 0.3) is 27.8 Å². The van der Waals surface area contributed by atoms with Gasteiger partial charge in [0.1, 0.15) is 34.7 Å². The normalized spacial score (nSPS) is 16.2. The molecule has 0 aliphatic carbocycles. The fourth-order valence-electron chi connectivity index (χ4n) is 4.55. The maximum Gasteiger partial charge on any atom is 0.269 e. The molecule has 1 aliphatic heterocycles. The Hall–Kier alpha value is -4.21. The van der Waals surface area contributed by atoms with Gasteiger partial charge in [-0.3, -0.25) is 9.36 Å². The zero-order chi connectivity index (χ0) is 22.5. The Kier molecular flexibility index (Phi) is 4.39. The first-order chi connectivity index (χ1) is 16.1. The van der Waals surface area contributed by atoms with Gasteiger partial charge in [-0.1, -0.05) is 18.2 Å². The van der Waals surface area contributed by atoms with Gasteiger partial charge >= 0.3 is 0 Å². The van der Waals surface area contributed by atoms with Gasteiger partial charge in [0.2, 0.25) is 0 Å². The summed E-state index contributed by atoms with van der Waals surface area (Å²) in [5.74, 6) is -0.713. The molecule has 164 valence electrons. The monoisotopic (exact) mass is 445 g/mol. The number of H-pyrrole nitrogens is 1. The number of aromatic nitrogens is 6. The molecule has 1 unspecified atom stereocenters. The topological polar surface area (TPSA) is 92.6 Å². The average molecular weight is 445 g/mol. The van der Waals surface area contributed by atoms with Crippen LogP contribution in [0.15, 0.2) is 59.9 Å². The van der Waals surface area contributed by atoms with E-state index >= 15 is 0 Å². The van der Waals surface area contributed by atoms with Crippen LogP contribution in [0.2, 0.25) is 0 Å². The van der Waals surface area contributed by atoms with E-state index in [9.17, 15) is 13.6 Å². The van der Waals surface area contributed by atoms with Crippen LogP contribution in [0.3, 0.4) is 0 Å². The van der Waals surface area contributed by atoms with Crippen molar-refractivity contribution in [1.82, 2.24) is 29.5 Å². The molecular formula is C23H17F2N7O. The lowest BCUT2D eigenvalue weighted by atomic mass is 10.1. The number of para-hydroxylation sites is 1. The molecule has 3 aromatic heterocycles. The number of rotatable bonds is 3. The molecule has 0 amide bonds. The summed E-state index contributed by atoms with van der Waals surface area (Å²) < 4.78 is 30.1. The van der Waals surface area contributed by atoms with Crippen molar-refractivity contribution in [2.45, 2.75) is 18.9 Å². The van der Waals surface area contributed by atoms with Crippen LogP contribution >= 0.6 is 0 Å². The minimum absolute atomic E-state index is 0.0147. The number of nitrogens with one attached hydrogen (secondary N) is 1. The Morgan fingerprint density at radius 1 is 1.06 bits per heavy atom. The second-order valence-corrected chi connectivity index (χ2v) is 7.88. The number of hydrogen-bond acceptors (Lipinski definition) is 6. The third kappa shape index (κ3) is 3.05. The summed E-state index contributed by atoms with van der Waals surface area (Å²) in [6, 6.07) is 10.4. The molecule has 1 atom stereocenters. The summed E-state index contributed by atoms with van der Waals surface area (Å²) in [5.41, 5.74) is 1.16. The Morgan fingerprint density at radius 3 is 2.76 bits per heavy atom. The predicted octanol–water partition coefficient (Wildman–Crippen LogP) is 3.67. The van der Waals surface area contributed by atoms with E-state index in [2.05, 4.69) is 24.9 Å². The van der Waals surface area contributed by atoms with Gasteiger partial charge in [-0.15, -0.1) is 0 Å². The Labute approximate surface area is 185 Å². The quantitative estimate of drug-likeness (QED) is 0.456. The fraction of sp³-hybridized carbons (Fsp3) is 0.174. The van der Waals surface area contributed by atoms with Crippen molar-refractivity contribution in [3.63, 3.8) is 0 Å². The van der Waals surface area contributed by atoms with Crippen molar-refractivity contribution in [3.05, 3.63) is 82.9 Å². The van der Waals surface area contributed by atoms with Gasteiger partial charge in [0.25, 0.3) is 5.56 Å². The number of anilines is 1. The number of hydrogen-bond donors (Lipinski definition) is 1. The molecule has 4 heterocycles. The molecule has 33 heavy (non-hydrogen) atoms. The summed E-state index contributed by atoms with van der Waals surface area (Å²) in [4.78, 5) is 36.2. The van der Waals surface area contributed by atoms with Crippen LogP contribution in [0, 0.1) is 11.6 Å². The fourth-order valence-corrected chi connectivity index (χ4v) is 4.55. The summed E-state index contributed by atoms with van der Waals surface area (Å²) in [6.45, 7) is 0.657. The standard InChI is InChI=1S/C23H17F2N7O/c24-13-9-15(25)18-16(10-13)30-21(32(23(18)33)14-5-2-1-3-6-14)17-7-4-8-31(17)22-19-20(27-11-26-19)28-12-29-22/h1-3,5-6,9-12,17H,4,7-8H2,(H,26,27,28,29). The minimum atomic E-state index is -0.934. The maximum absolute atomic E-state index is 14.7. The smallest absolute Gasteiger partial charge is 0.269 e. The molecule has 1 fully saturated rings. The minimum Gasteiger partial charge on any atom is -0.344 e. The zero-order valence-corrected chi connectivity index (χ0v) is 17.2. The SMILES string of the molecule is O=c1c2c(F)cc(F)cc2nc(C2CCCN2c2ncnc3[nH]cnc23)n1-c1ccccc1. The van der Waals surface area contributed by atoms with Crippen molar-refractivity contribution in [2.75, 3.05) is 11.4 Å². The van der Waals surface area contributed by atoms with E-state index in [1.54, 1.807) is 30.6 Å². The number of aromatic amines is 1. The third-order valence-electron chi connectivity index (χ3n) is 5.95. The van der Waals surface area contributed by atoms with Gasteiger partial charge < -0.3 is 9.88 Å². The number of benzene rings is 2. The highest BCUT2D eigenvalue weighted by atomic mass is 19.1. The lowest BCUT2D eigenvalue weighted by Gasteiger charge is -2.27. The van der Waals surface area contributed by atoms with Gasteiger partial charge in [-0.2, -0.15) is 0 Å². The van der Waals surface area contributed by atoms with Crippen molar-refractivity contribution >= 4 is 27.9 Å². The zero-order valence-electron chi connectivity index (χ0n) is 17.2. The van der Waals surface area contributed by atoms with Gasteiger partial charge in [0, 0.05) is 18.7 Å². The van der Waals surface area contributed by atoms with Crippen LogP contribution in [-0.4, -0.2) is 36.0 Å². The maximum atomic E-state index is 14.7. The van der Waals surface area contributed by atoms with Crippen LogP contribution < -0.4 is 10.5 Å². The van der Waals surface area contributed by atoms with Crippen LogP contribution in [0.4, 0.5) is 14.6 Å². The van der Waals surface area contributed by atoms with Gasteiger partial charge in [-0.05, 0) is 25.0 Å². The predicted molar refractivity (Wildman–Crippen MR) is 118 cm³/mol. The molecule has 0 radical (unpaired) electrons. The molecule has 0 spiro atoms. The van der Waals surface area contributed by atoms with E-state index in [1.807, 2.05) is 11.0 Å².